The predicted molar refractivity (Wildman–Crippen MR) is 115 cm³/mol. The van der Waals surface area contributed by atoms with Crippen LogP contribution in [0.1, 0.15) is 75.8 Å². The van der Waals surface area contributed by atoms with Gasteiger partial charge in [-0.05, 0) is 35.8 Å². The van der Waals surface area contributed by atoms with Crippen LogP contribution in [0, 0.1) is 29.3 Å². The maximum Gasteiger partial charge on any atom is 0.194 e. The fourth-order valence-corrected chi connectivity index (χ4v) is 4.45. The summed E-state index contributed by atoms with van der Waals surface area (Å²) in [6, 6.07) is 9.89. The predicted octanol–water partition coefficient (Wildman–Crippen LogP) is 8.00. The highest BCUT2D eigenvalue weighted by atomic mass is 19.2. The van der Waals surface area contributed by atoms with Gasteiger partial charge < -0.3 is 4.74 Å². The molecular weight excluding hydrogens is 385 g/mol. The average molecular weight is 419 g/mol. The molecule has 0 atom stereocenters. The van der Waals surface area contributed by atoms with Crippen LogP contribution in [0.4, 0.5) is 13.2 Å². The second kappa shape index (κ2) is 11.4. The first kappa shape index (κ1) is 22.7. The highest BCUT2D eigenvalue weighted by Gasteiger charge is 2.20. The molecule has 1 nitrogen and oxygen atoms in total. The summed E-state index contributed by atoms with van der Waals surface area (Å²) in [5, 5.41) is 0. The third-order valence-corrected chi connectivity index (χ3v) is 6.41. The summed E-state index contributed by atoms with van der Waals surface area (Å²) in [4.78, 5) is 0. The Kier molecular flexibility index (Phi) is 8.65. The third kappa shape index (κ3) is 6.78. The van der Waals surface area contributed by atoms with Gasteiger partial charge in [0.2, 0.25) is 0 Å². The monoisotopic (exact) mass is 418 g/mol. The minimum atomic E-state index is -1.48. The molecule has 0 aromatic heterocycles. The first-order chi connectivity index (χ1) is 14.5. The fourth-order valence-electron chi connectivity index (χ4n) is 4.45. The molecule has 0 heterocycles. The molecule has 0 unspecified atom stereocenters. The van der Waals surface area contributed by atoms with Crippen LogP contribution in [0.2, 0.25) is 0 Å². The molecule has 4 heteroatoms. The first-order valence-corrected chi connectivity index (χ1v) is 11.4. The van der Waals surface area contributed by atoms with Crippen LogP contribution < -0.4 is 4.74 Å². The molecule has 0 bridgehead atoms. The van der Waals surface area contributed by atoms with Gasteiger partial charge in [-0.3, -0.25) is 0 Å². The number of benzene rings is 2. The molecule has 1 aliphatic rings. The van der Waals surface area contributed by atoms with Crippen molar-refractivity contribution in [2.75, 3.05) is 0 Å². The number of ether oxygens (including phenoxy) is 1. The number of rotatable bonds is 10. The Morgan fingerprint density at radius 2 is 1.37 bits per heavy atom. The van der Waals surface area contributed by atoms with Crippen molar-refractivity contribution in [3.8, 4) is 5.75 Å². The number of halogens is 3. The summed E-state index contributed by atoms with van der Waals surface area (Å²) in [6.45, 7) is 2.46. The SMILES string of the molecule is CCCCCC1CCC(CCc2ccc(COc3cc(F)c(F)c(F)c3)cc2)CC1. The van der Waals surface area contributed by atoms with E-state index in [4.69, 9.17) is 4.74 Å². The van der Waals surface area contributed by atoms with Gasteiger partial charge in [0, 0.05) is 12.1 Å². The maximum atomic E-state index is 13.3. The molecule has 0 radical (unpaired) electrons. The zero-order valence-corrected chi connectivity index (χ0v) is 17.9. The summed E-state index contributed by atoms with van der Waals surface area (Å²) in [7, 11) is 0. The molecule has 164 valence electrons. The van der Waals surface area contributed by atoms with E-state index in [9.17, 15) is 13.2 Å². The Bertz CT molecular complexity index is 756. The van der Waals surface area contributed by atoms with Crippen LogP contribution in [-0.2, 0) is 13.0 Å². The second-order valence-electron chi connectivity index (χ2n) is 8.73. The van der Waals surface area contributed by atoms with Gasteiger partial charge in [0.05, 0.1) is 0 Å². The Morgan fingerprint density at radius 3 is 1.97 bits per heavy atom. The van der Waals surface area contributed by atoms with Gasteiger partial charge in [-0.15, -0.1) is 0 Å². The minimum absolute atomic E-state index is 0.0132. The molecule has 1 fully saturated rings. The van der Waals surface area contributed by atoms with Crippen molar-refractivity contribution in [2.45, 2.75) is 77.7 Å². The zero-order chi connectivity index (χ0) is 21.3. The smallest absolute Gasteiger partial charge is 0.194 e. The van der Waals surface area contributed by atoms with E-state index < -0.39 is 17.5 Å². The van der Waals surface area contributed by atoms with Gasteiger partial charge in [-0.2, -0.15) is 0 Å². The number of hydrogen-bond donors (Lipinski definition) is 0. The number of hydrogen-bond acceptors (Lipinski definition) is 1. The third-order valence-electron chi connectivity index (χ3n) is 6.41. The molecule has 0 amide bonds. The maximum absolute atomic E-state index is 13.3. The highest BCUT2D eigenvalue weighted by Crippen LogP contribution is 2.34. The fraction of sp³-hybridized carbons (Fsp3) is 0.538. The van der Waals surface area contributed by atoms with Gasteiger partial charge in [0.15, 0.2) is 17.5 Å². The van der Waals surface area contributed by atoms with E-state index in [1.165, 1.54) is 63.4 Å². The molecule has 2 aromatic carbocycles. The lowest BCUT2D eigenvalue weighted by Gasteiger charge is -2.28. The van der Waals surface area contributed by atoms with Crippen LogP contribution in [0.25, 0.3) is 0 Å². The standard InChI is InChI=1S/C26H33F3O/c1-2-3-4-5-19-6-8-20(9-7-19)10-11-21-12-14-22(15-13-21)18-30-23-16-24(27)26(29)25(28)17-23/h12-17,19-20H,2-11,18H2,1H3. The van der Waals surface area contributed by atoms with Gasteiger partial charge in [-0.1, -0.05) is 82.6 Å². The van der Waals surface area contributed by atoms with Crippen LogP contribution in [-0.4, -0.2) is 0 Å². The second-order valence-corrected chi connectivity index (χ2v) is 8.73. The van der Waals surface area contributed by atoms with E-state index in [1.54, 1.807) is 0 Å². The van der Waals surface area contributed by atoms with Gasteiger partial charge in [-0.25, -0.2) is 13.2 Å². The summed E-state index contributed by atoms with van der Waals surface area (Å²) in [5.41, 5.74) is 2.22. The lowest BCUT2D eigenvalue weighted by atomic mass is 9.78. The summed E-state index contributed by atoms with van der Waals surface area (Å²) < 4.78 is 44.9. The van der Waals surface area contributed by atoms with E-state index in [1.807, 2.05) is 12.1 Å². The first-order valence-electron chi connectivity index (χ1n) is 11.4. The zero-order valence-electron chi connectivity index (χ0n) is 17.9. The molecule has 3 rings (SSSR count). The van der Waals surface area contributed by atoms with Crippen molar-refractivity contribution >= 4 is 0 Å². The van der Waals surface area contributed by atoms with Crippen LogP contribution in [0.3, 0.4) is 0 Å². The lowest BCUT2D eigenvalue weighted by molar-refractivity contribution is 0.249. The van der Waals surface area contributed by atoms with E-state index in [0.29, 0.717) is 0 Å². The molecule has 0 N–H and O–H groups in total. The molecule has 1 saturated carbocycles. The molecule has 0 saturated heterocycles. The van der Waals surface area contributed by atoms with E-state index in [-0.39, 0.29) is 12.4 Å². The van der Waals surface area contributed by atoms with Crippen LogP contribution >= 0.6 is 0 Å². The van der Waals surface area contributed by atoms with Crippen molar-refractivity contribution in [1.82, 2.24) is 0 Å². The Balaban J connectivity index is 1.39. The van der Waals surface area contributed by atoms with E-state index in [2.05, 4.69) is 19.1 Å². The molecular formula is C26H33F3O. The Morgan fingerprint density at radius 1 is 0.800 bits per heavy atom. The summed E-state index contributed by atoms with van der Waals surface area (Å²) in [6.07, 6.45) is 13.4. The molecule has 1 aliphatic carbocycles. The van der Waals surface area contributed by atoms with Crippen molar-refractivity contribution in [1.29, 1.82) is 0 Å². The molecule has 2 aromatic rings. The molecule has 0 spiro atoms. The largest absolute Gasteiger partial charge is 0.489 e. The average Bonchev–Trinajstić information content (AvgIpc) is 2.76. The van der Waals surface area contributed by atoms with E-state index >= 15 is 0 Å². The van der Waals surface area contributed by atoms with E-state index in [0.717, 1.165) is 36.0 Å². The topological polar surface area (TPSA) is 9.23 Å². The Hall–Kier alpha value is -1.97. The Labute approximate surface area is 178 Å². The van der Waals surface area contributed by atoms with Gasteiger partial charge in [0.1, 0.15) is 12.4 Å². The molecule has 0 aliphatic heterocycles. The van der Waals surface area contributed by atoms with Crippen LogP contribution in [0.5, 0.6) is 5.75 Å². The number of aryl methyl sites for hydroxylation is 1. The van der Waals surface area contributed by atoms with Gasteiger partial charge >= 0.3 is 0 Å². The van der Waals surface area contributed by atoms with Crippen molar-refractivity contribution in [3.05, 3.63) is 65.0 Å². The van der Waals surface area contributed by atoms with Crippen molar-refractivity contribution < 1.29 is 17.9 Å². The van der Waals surface area contributed by atoms with Crippen molar-refractivity contribution in [3.63, 3.8) is 0 Å². The minimum Gasteiger partial charge on any atom is -0.489 e. The number of unbranched alkanes of at least 4 members (excludes halogenated alkanes) is 2. The highest BCUT2D eigenvalue weighted by molar-refractivity contribution is 5.27. The van der Waals surface area contributed by atoms with Crippen LogP contribution in [0.15, 0.2) is 36.4 Å². The summed E-state index contributed by atoms with van der Waals surface area (Å²) >= 11 is 0. The quantitative estimate of drug-likeness (QED) is 0.280. The van der Waals surface area contributed by atoms with Gasteiger partial charge in [0.25, 0.3) is 0 Å². The normalized spacial score (nSPS) is 19.1. The lowest BCUT2D eigenvalue weighted by Crippen LogP contribution is -2.15. The molecule has 30 heavy (non-hydrogen) atoms. The summed E-state index contributed by atoms with van der Waals surface area (Å²) in [5.74, 6) is -2.17. The van der Waals surface area contributed by atoms with Crippen molar-refractivity contribution in [2.24, 2.45) is 11.8 Å².